The van der Waals surface area contributed by atoms with E-state index in [0.29, 0.717) is 41.5 Å². The zero-order valence-corrected chi connectivity index (χ0v) is 18.9. The summed E-state index contributed by atoms with van der Waals surface area (Å²) < 4.78 is 44.7. The number of aryl methyl sites for hydroxylation is 1. The molecule has 0 aliphatic heterocycles. The summed E-state index contributed by atoms with van der Waals surface area (Å²) in [6.45, 7) is 4.14. The minimum absolute atomic E-state index is 0.205. The van der Waals surface area contributed by atoms with Gasteiger partial charge < -0.3 is 0 Å². The van der Waals surface area contributed by atoms with Gasteiger partial charge in [0.1, 0.15) is 11.6 Å². The molecule has 2 aromatic rings. The van der Waals surface area contributed by atoms with Gasteiger partial charge in [0.15, 0.2) is 5.83 Å². The molecule has 0 aromatic heterocycles. The molecule has 0 heterocycles. The first-order chi connectivity index (χ1) is 15.0. The van der Waals surface area contributed by atoms with Gasteiger partial charge in [-0.25, -0.2) is 13.2 Å². The maximum atomic E-state index is 15.0. The first kappa shape index (κ1) is 23.6. The zero-order valence-electron chi connectivity index (χ0n) is 18.9. The molecule has 0 nitrogen and oxygen atoms in total. The van der Waals surface area contributed by atoms with Crippen LogP contribution in [0.1, 0.15) is 82.8 Å². The number of halogens is 3. The minimum atomic E-state index is -0.783. The van der Waals surface area contributed by atoms with E-state index in [9.17, 15) is 13.2 Å². The summed E-state index contributed by atoms with van der Waals surface area (Å²) in [5, 5.41) is 1.06. The first-order valence-electron chi connectivity index (χ1n) is 11.9. The van der Waals surface area contributed by atoms with Crippen molar-refractivity contribution in [3.8, 4) is 0 Å². The van der Waals surface area contributed by atoms with E-state index in [-0.39, 0.29) is 17.3 Å². The molecule has 1 fully saturated rings. The smallest absolute Gasteiger partial charge is 0.162 e. The monoisotopic (exact) mass is 428 g/mol. The fourth-order valence-corrected chi connectivity index (χ4v) is 4.78. The quantitative estimate of drug-likeness (QED) is 0.275. The molecule has 2 aromatic carbocycles. The summed E-state index contributed by atoms with van der Waals surface area (Å²) in [5.74, 6) is -1.35. The Labute approximate surface area is 185 Å². The Morgan fingerprint density at radius 2 is 1.81 bits per heavy atom. The molecule has 3 heteroatoms. The number of hydrogen-bond donors (Lipinski definition) is 0. The molecule has 0 radical (unpaired) electrons. The van der Waals surface area contributed by atoms with E-state index in [0.717, 1.165) is 19.3 Å². The van der Waals surface area contributed by atoms with Crippen molar-refractivity contribution >= 4 is 16.6 Å². The number of fused-ring (bicyclic) bond motifs is 1. The molecule has 0 spiro atoms. The normalized spacial score (nSPS) is 20.4. The molecule has 1 saturated carbocycles. The number of rotatable bonds is 9. The average Bonchev–Trinajstić information content (AvgIpc) is 2.80. The van der Waals surface area contributed by atoms with Crippen LogP contribution in [-0.4, -0.2) is 0 Å². The van der Waals surface area contributed by atoms with Crippen molar-refractivity contribution in [2.45, 2.75) is 78.1 Å². The summed E-state index contributed by atoms with van der Waals surface area (Å²) in [7, 11) is 0. The largest absolute Gasteiger partial charge is 0.208 e. The van der Waals surface area contributed by atoms with Gasteiger partial charge in [0.25, 0.3) is 0 Å². The molecule has 1 aliphatic rings. The average molecular weight is 429 g/mol. The number of benzene rings is 2. The van der Waals surface area contributed by atoms with Gasteiger partial charge in [-0.3, -0.25) is 0 Å². The summed E-state index contributed by atoms with van der Waals surface area (Å²) in [4.78, 5) is 0. The van der Waals surface area contributed by atoms with Crippen LogP contribution in [0.4, 0.5) is 13.2 Å². The van der Waals surface area contributed by atoms with Crippen LogP contribution >= 0.6 is 0 Å². The van der Waals surface area contributed by atoms with Crippen LogP contribution in [0.3, 0.4) is 0 Å². The van der Waals surface area contributed by atoms with Crippen molar-refractivity contribution < 1.29 is 13.2 Å². The van der Waals surface area contributed by atoms with Crippen LogP contribution in [0.25, 0.3) is 16.6 Å². The highest BCUT2D eigenvalue weighted by atomic mass is 19.2. The van der Waals surface area contributed by atoms with Crippen molar-refractivity contribution in [1.82, 2.24) is 0 Å². The van der Waals surface area contributed by atoms with E-state index in [1.807, 2.05) is 19.1 Å². The number of unbranched alkanes of at least 4 members (excludes halogenated alkanes) is 2. The fourth-order valence-electron chi connectivity index (χ4n) is 4.78. The van der Waals surface area contributed by atoms with Crippen molar-refractivity contribution in [2.75, 3.05) is 0 Å². The van der Waals surface area contributed by atoms with Gasteiger partial charge in [-0.05, 0) is 68.4 Å². The highest BCUT2D eigenvalue weighted by molar-refractivity contribution is 5.87. The van der Waals surface area contributed by atoms with Gasteiger partial charge in [0.2, 0.25) is 0 Å². The molecule has 31 heavy (non-hydrogen) atoms. The van der Waals surface area contributed by atoms with E-state index < -0.39 is 11.7 Å². The SMILES string of the molecule is C/C=C/CCc1ccc2cc(C(F)=C(F)C3CCC(CCCCC)CC3)ccc2c1F. The Balaban J connectivity index is 1.71. The van der Waals surface area contributed by atoms with Crippen molar-refractivity contribution in [3.63, 3.8) is 0 Å². The molecule has 0 N–H and O–H groups in total. The van der Waals surface area contributed by atoms with E-state index in [4.69, 9.17) is 0 Å². The first-order valence-corrected chi connectivity index (χ1v) is 11.9. The summed E-state index contributed by atoms with van der Waals surface area (Å²) in [6.07, 6.45) is 13.7. The van der Waals surface area contributed by atoms with Crippen LogP contribution in [-0.2, 0) is 6.42 Å². The fraction of sp³-hybridized carbons (Fsp3) is 0.500. The van der Waals surface area contributed by atoms with Crippen LogP contribution in [0, 0.1) is 17.7 Å². The summed E-state index contributed by atoms with van der Waals surface area (Å²) in [5.41, 5.74) is 0.854. The number of allylic oxidation sites excluding steroid dienone is 3. The predicted molar refractivity (Wildman–Crippen MR) is 126 cm³/mol. The molecule has 0 unspecified atom stereocenters. The molecule has 0 saturated heterocycles. The van der Waals surface area contributed by atoms with Gasteiger partial charge in [-0.15, -0.1) is 0 Å². The highest BCUT2D eigenvalue weighted by Gasteiger charge is 2.26. The minimum Gasteiger partial charge on any atom is -0.208 e. The summed E-state index contributed by atoms with van der Waals surface area (Å²) in [6, 6.07) is 8.21. The van der Waals surface area contributed by atoms with Crippen molar-refractivity contribution in [1.29, 1.82) is 0 Å². The van der Waals surface area contributed by atoms with Crippen LogP contribution in [0.2, 0.25) is 0 Å². The lowest BCUT2D eigenvalue weighted by Crippen LogP contribution is -2.15. The van der Waals surface area contributed by atoms with E-state index in [1.54, 1.807) is 24.3 Å². The Morgan fingerprint density at radius 1 is 1.03 bits per heavy atom. The van der Waals surface area contributed by atoms with Crippen molar-refractivity contribution in [3.05, 3.63) is 65.3 Å². The van der Waals surface area contributed by atoms with Gasteiger partial charge in [0.05, 0.1) is 0 Å². The summed E-state index contributed by atoms with van der Waals surface area (Å²) >= 11 is 0. The highest BCUT2D eigenvalue weighted by Crippen LogP contribution is 2.39. The zero-order chi connectivity index (χ0) is 22.2. The second-order valence-electron chi connectivity index (χ2n) is 8.96. The lowest BCUT2D eigenvalue weighted by molar-refractivity contribution is 0.258. The second kappa shape index (κ2) is 11.5. The standard InChI is InChI=1S/C28H35F3/c1-3-5-7-9-20-11-13-22(14-12-20)27(30)28(31)24-17-18-25-23(19-24)16-15-21(26(25)29)10-8-6-4-2/h4,6,15-20,22H,3,5,7-14H2,1-2H3/b6-4+,28-27?. The van der Waals surface area contributed by atoms with Gasteiger partial charge in [-0.2, -0.15) is 0 Å². The van der Waals surface area contributed by atoms with Crippen LogP contribution in [0.15, 0.2) is 48.3 Å². The third kappa shape index (κ3) is 6.02. The molecular weight excluding hydrogens is 393 g/mol. The third-order valence-electron chi connectivity index (χ3n) is 6.73. The van der Waals surface area contributed by atoms with Crippen LogP contribution in [0.5, 0.6) is 0 Å². The predicted octanol–water partition coefficient (Wildman–Crippen LogP) is 9.48. The molecule has 3 rings (SSSR count). The van der Waals surface area contributed by atoms with Gasteiger partial charge >= 0.3 is 0 Å². The Kier molecular flexibility index (Phi) is 8.80. The van der Waals surface area contributed by atoms with Crippen molar-refractivity contribution in [2.24, 2.45) is 11.8 Å². The lowest BCUT2D eigenvalue weighted by atomic mass is 9.79. The maximum Gasteiger partial charge on any atom is 0.162 e. The van der Waals surface area contributed by atoms with Crippen LogP contribution < -0.4 is 0 Å². The molecule has 1 aliphatic carbocycles. The molecule has 0 amide bonds. The van der Waals surface area contributed by atoms with E-state index >= 15 is 0 Å². The lowest BCUT2D eigenvalue weighted by Gasteiger charge is -2.27. The molecular formula is C28H35F3. The molecule has 168 valence electrons. The van der Waals surface area contributed by atoms with Gasteiger partial charge in [-0.1, -0.05) is 69.0 Å². The van der Waals surface area contributed by atoms with Gasteiger partial charge in [0, 0.05) is 16.9 Å². The maximum absolute atomic E-state index is 15.0. The number of hydrogen-bond acceptors (Lipinski definition) is 0. The Hall–Kier alpha value is -2.03. The van der Waals surface area contributed by atoms with E-state index in [2.05, 4.69) is 6.92 Å². The molecule has 0 atom stereocenters. The topological polar surface area (TPSA) is 0 Å². The Bertz CT molecular complexity index is 917. The Morgan fingerprint density at radius 3 is 2.52 bits per heavy atom. The second-order valence-corrected chi connectivity index (χ2v) is 8.96. The third-order valence-corrected chi connectivity index (χ3v) is 6.73. The molecule has 0 bridgehead atoms. The van der Waals surface area contributed by atoms with E-state index in [1.165, 1.54) is 31.7 Å².